The summed E-state index contributed by atoms with van der Waals surface area (Å²) in [5.41, 5.74) is 0. The maximum Gasteiger partial charge on any atom is 0.193 e. The molecule has 0 aromatic heterocycles. The van der Waals surface area contributed by atoms with Crippen LogP contribution >= 0.6 is 22.6 Å². The maximum atomic E-state index is 6.13. The number of ether oxygens (including phenoxy) is 1. The van der Waals surface area contributed by atoms with E-state index in [9.17, 15) is 0 Å². The summed E-state index contributed by atoms with van der Waals surface area (Å²) in [6, 6.07) is 8.21. The van der Waals surface area contributed by atoms with Crippen molar-refractivity contribution in [2.75, 3.05) is 26.7 Å². The molecule has 0 unspecified atom stereocenters. The van der Waals surface area contributed by atoms with E-state index < -0.39 is 0 Å². The van der Waals surface area contributed by atoms with Crippen LogP contribution in [0.25, 0.3) is 0 Å². The molecule has 0 atom stereocenters. The van der Waals surface area contributed by atoms with Crippen LogP contribution < -0.4 is 10.1 Å². The van der Waals surface area contributed by atoms with Gasteiger partial charge in [-0.15, -0.1) is 0 Å². The molecule has 0 saturated carbocycles. The second kappa shape index (κ2) is 8.46. The summed E-state index contributed by atoms with van der Waals surface area (Å²) < 4.78 is 7.31. The number of rotatable bonds is 4. The lowest BCUT2D eigenvalue weighted by Crippen LogP contribution is -2.47. The summed E-state index contributed by atoms with van der Waals surface area (Å²) in [5.74, 6) is 2.02. The largest absolute Gasteiger partial charge is 0.489 e. The van der Waals surface area contributed by atoms with Gasteiger partial charge in [0.15, 0.2) is 5.96 Å². The molecule has 4 nitrogen and oxygen atoms in total. The van der Waals surface area contributed by atoms with Crippen molar-refractivity contribution in [1.82, 2.24) is 10.2 Å². The number of benzene rings is 1. The van der Waals surface area contributed by atoms with Crippen molar-refractivity contribution < 1.29 is 4.74 Å². The summed E-state index contributed by atoms with van der Waals surface area (Å²) in [6.45, 7) is 5.14. The standard InChI is InChI=1S/C16H24IN3O/c1-3-10-19-16(18-2)20-11-8-13(9-12-20)21-15-7-5-4-6-14(15)17/h4-7,13H,3,8-12H2,1-2H3,(H,18,19). The Morgan fingerprint density at radius 3 is 2.71 bits per heavy atom. The lowest BCUT2D eigenvalue weighted by Gasteiger charge is -2.34. The normalized spacial score (nSPS) is 16.9. The van der Waals surface area contributed by atoms with E-state index in [2.05, 4.69) is 56.9 Å². The van der Waals surface area contributed by atoms with Crippen molar-refractivity contribution in [3.8, 4) is 5.75 Å². The van der Waals surface area contributed by atoms with Crippen LogP contribution in [0.1, 0.15) is 26.2 Å². The third kappa shape index (κ3) is 4.76. The number of aliphatic imine (C=N–C) groups is 1. The van der Waals surface area contributed by atoms with E-state index in [1.165, 1.54) is 3.57 Å². The van der Waals surface area contributed by atoms with Crippen LogP contribution in [-0.2, 0) is 0 Å². The highest BCUT2D eigenvalue weighted by Gasteiger charge is 2.22. The predicted octanol–water partition coefficient (Wildman–Crippen LogP) is 3.12. The molecular formula is C16H24IN3O. The summed E-state index contributed by atoms with van der Waals surface area (Å²) >= 11 is 2.33. The third-order valence-electron chi connectivity index (χ3n) is 3.62. The van der Waals surface area contributed by atoms with Gasteiger partial charge in [0.2, 0.25) is 0 Å². The molecule has 1 aliphatic heterocycles. The molecule has 1 aromatic carbocycles. The van der Waals surface area contributed by atoms with Gasteiger partial charge in [0.1, 0.15) is 11.9 Å². The number of piperidine rings is 1. The molecule has 2 rings (SSSR count). The Morgan fingerprint density at radius 1 is 1.38 bits per heavy atom. The molecule has 1 aromatic rings. The number of nitrogens with one attached hydrogen (secondary N) is 1. The third-order valence-corrected chi connectivity index (χ3v) is 4.51. The van der Waals surface area contributed by atoms with Crippen LogP contribution in [0.3, 0.4) is 0 Å². The highest BCUT2D eigenvalue weighted by Crippen LogP contribution is 2.24. The Bertz CT molecular complexity index is 470. The van der Waals surface area contributed by atoms with E-state index in [-0.39, 0.29) is 0 Å². The zero-order valence-corrected chi connectivity index (χ0v) is 15.0. The topological polar surface area (TPSA) is 36.9 Å². The van der Waals surface area contributed by atoms with Crippen molar-refractivity contribution in [2.45, 2.75) is 32.3 Å². The molecule has 1 N–H and O–H groups in total. The summed E-state index contributed by atoms with van der Waals surface area (Å²) in [7, 11) is 1.85. The first kappa shape index (κ1) is 16.4. The quantitative estimate of drug-likeness (QED) is 0.479. The Kier molecular flexibility index (Phi) is 6.60. The fraction of sp³-hybridized carbons (Fsp3) is 0.562. The molecule has 1 aliphatic rings. The van der Waals surface area contributed by atoms with Crippen LogP contribution in [0.4, 0.5) is 0 Å². The Balaban J connectivity index is 1.84. The van der Waals surface area contributed by atoms with Crippen molar-refractivity contribution in [3.63, 3.8) is 0 Å². The molecule has 1 saturated heterocycles. The van der Waals surface area contributed by atoms with Gasteiger partial charge in [0.05, 0.1) is 3.57 Å². The molecule has 0 aliphatic carbocycles. The van der Waals surface area contributed by atoms with E-state index in [0.29, 0.717) is 6.10 Å². The Hall–Kier alpha value is -0.980. The van der Waals surface area contributed by atoms with Crippen molar-refractivity contribution >= 4 is 28.6 Å². The SMILES string of the molecule is CCCNC(=NC)N1CCC(Oc2ccccc2I)CC1. The Morgan fingerprint density at radius 2 is 2.10 bits per heavy atom. The van der Waals surface area contributed by atoms with E-state index in [4.69, 9.17) is 4.74 Å². The van der Waals surface area contributed by atoms with E-state index in [1.54, 1.807) is 0 Å². The molecule has 1 heterocycles. The fourth-order valence-electron chi connectivity index (χ4n) is 2.47. The highest BCUT2D eigenvalue weighted by molar-refractivity contribution is 14.1. The first-order valence-electron chi connectivity index (χ1n) is 7.61. The molecule has 0 radical (unpaired) electrons. The van der Waals surface area contributed by atoms with Gasteiger partial charge in [0.25, 0.3) is 0 Å². The first-order chi connectivity index (χ1) is 10.2. The second-order valence-electron chi connectivity index (χ2n) is 5.21. The number of halogens is 1. The number of nitrogens with zero attached hydrogens (tertiary/aromatic N) is 2. The molecule has 116 valence electrons. The van der Waals surface area contributed by atoms with Crippen molar-refractivity contribution in [2.24, 2.45) is 4.99 Å². The lowest BCUT2D eigenvalue weighted by molar-refractivity contribution is 0.128. The van der Waals surface area contributed by atoms with E-state index >= 15 is 0 Å². The average molecular weight is 401 g/mol. The minimum atomic E-state index is 0.307. The molecule has 0 spiro atoms. The highest BCUT2D eigenvalue weighted by atomic mass is 127. The molecule has 1 fully saturated rings. The molecule has 21 heavy (non-hydrogen) atoms. The monoisotopic (exact) mass is 401 g/mol. The number of likely N-dealkylation sites (tertiary alicyclic amines) is 1. The van der Waals surface area contributed by atoms with Crippen LogP contribution in [0, 0.1) is 3.57 Å². The van der Waals surface area contributed by atoms with Crippen LogP contribution in [-0.4, -0.2) is 43.6 Å². The fourth-order valence-corrected chi connectivity index (χ4v) is 2.99. The summed E-state index contributed by atoms with van der Waals surface area (Å²) in [6.07, 6.45) is 3.50. The van der Waals surface area contributed by atoms with Crippen molar-refractivity contribution in [1.29, 1.82) is 0 Å². The minimum absolute atomic E-state index is 0.307. The van der Waals surface area contributed by atoms with Crippen molar-refractivity contribution in [3.05, 3.63) is 27.8 Å². The zero-order valence-electron chi connectivity index (χ0n) is 12.8. The first-order valence-corrected chi connectivity index (χ1v) is 8.69. The predicted molar refractivity (Wildman–Crippen MR) is 96.0 cm³/mol. The molecule has 0 amide bonds. The van der Waals surface area contributed by atoms with Gasteiger partial charge < -0.3 is 15.0 Å². The van der Waals surface area contributed by atoms with Gasteiger partial charge in [-0.05, 0) is 41.1 Å². The summed E-state index contributed by atoms with van der Waals surface area (Å²) in [4.78, 5) is 6.69. The van der Waals surface area contributed by atoms with Crippen LogP contribution in [0.5, 0.6) is 5.75 Å². The average Bonchev–Trinajstić information content (AvgIpc) is 2.52. The molecule has 0 bridgehead atoms. The zero-order chi connectivity index (χ0) is 15.1. The van der Waals surface area contributed by atoms with Gasteiger partial charge in [-0.3, -0.25) is 4.99 Å². The number of guanidine groups is 1. The van der Waals surface area contributed by atoms with E-state index in [1.807, 2.05) is 19.2 Å². The van der Waals surface area contributed by atoms with Gasteiger partial charge in [0, 0.05) is 39.5 Å². The second-order valence-corrected chi connectivity index (χ2v) is 6.37. The lowest BCUT2D eigenvalue weighted by atomic mass is 10.1. The smallest absolute Gasteiger partial charge is 0.193 e. The maximum absolute atomic E-state index is 6.13. The van der Waals surface area contributed by atoms with Crippen LogP contribution in [0.2, 0.25) is 0 Å². The molecular weight excluding hydrogens is 377 g/mol. The van der Waals surface area contributed by atoms with E-state index in [0.717, 1.165) is 50.6 Å². The molecule has 5 heteroatoms. The Labute approximate surface area is 141 Å². The number of hydrogen-bond donors (Lipinski definition) is 1. The minimum Gasteiger partial charge on any atom is -0.489 e. The summed E-state index contributed by atoms with van der Waals surface area (Å²) in [5, 5.41) is 3.40. The van der Waals surface area contributed by atoms with Crippen LogP contribution in [0.15, 0.2) is 29.3 Å². The van der Waals surface area contributed by atoms with Gasteiger partial charge in [-0.25, -0.2) is 0 Å². The van der Waals surface area contributed by atoms with Gasteiger partial charge >= 0.3 is 0 Å². The number of para-hydroxylation sites is 1. The van der Waals surface area contributed by atoms with Gasteiger partial charge in [-0.2, -0.15) is 0 Å². The van der Waals surface area contributed by atoms with Gasteiger partial charge in [-0.1, -0.05) is 19.1 Å². The number of hydrogen-bond acceptors (Lipinski definition) is 2.